The Balaban J connectivity index is 1.57. The predicted octanol–water partition coefficient (Wildman–Crippen LogP) is 3.98. The quantitative estimate of drug-likeness (QED) is 0.567. The van der Waals surface area contributed by atoms with Crippen LogP contribution in [0.3, 0.4) is 0 Å². The van der Waals surface area contributed by atoms with Gasteiger partial charge in [0.15, 0.2) is 6.61 Å². The number of carbonyl (C=O) groups is 2. The highest BCUT2D eigenvalue weighted by atomic mass is 35.5. The van der Waals surface area contributed by atoms with Gasteiger partial charge in [0, 0.05) is 17.7 Å². The van der Waals surface area contributed by atoms with Gasteiger partial charge in [0.2, 0.25) is 0 Å². The van der Waals surface area contributed by atoms with Gasteiger partial charge in [0.1, 0.15) is 11.0 Å². The van der Waals surface area contributed by atoms with Crippen LogP contribution in [-0.2, 0) is 14.3 Å². The first-order valence-electron chi connectivity index (χ1n) is 9.59. The molecule has 0 unspecified atom stereocenters. The molecule has 1 aliphatic rings. The maximum Gasteiger partial charge on any atom is 0.331 e. The van der Waals surface area contributed by atoms with Crippen molar-refractivity contribution < 1.29 is 18.7 Å². The van der Waals surface area contributed by atoms with E-state index >= 15 is 0 Å². The van der Waals surface area contributed by atoms with Crippen LogP contribution in [0.5, 0.6) is 0 Å². The van der Waals surface area contributed by atoms with E-state index in [-0.39, 0.29) is 29.5 Å². The Morgan fingerprint density at radius 3 is 2.66 bits per heavy atom. The largest absolute Gasteiger partial charge is 0.452 e. The zero-order valence-electron chi connectivity index (χ0n) is 16.2. The summed E-state index contributed by atoms with van der Waals surface area (Å²) in [7, 11) is 0. The molecule has 1 heterocycles. The standard InChI is InChI=1S/C21H23ClFN3O3/c1-14-18(21(22)26(25-14)17-9-7-15(23)8-10-17)11-12-20(28)29-13-19(27)24-16-5-3-2-4-6-16/h7-12,16H,2-6,13H2,1H3,(H,24,27)/b12-11+. The maximum absolute atomic E-state index is 13.1. The topological polar surface area (TPSA) is 73.2 Å². The summed E-state index contributed by atoms with van der Waals surface area (Å²) in [5.74, 6) is -1.30. The molecular weight excluding hydrogens is 397 g/mol. The van der Waals surface area contributed by atoms with Gasteiger partial charge in [0.05, 0.1) is 11.4 Å². The van der Waals surface area contributed by atoms with Gasteiger partial charge in [-0.3, -0.25) is 4.79 Å². The Morgan fingerprint density at radius 1 is 1.28 bits per heavy atom. The minimum Gasteiger partial charge on any atom is -0.452 e. The Hall–Kier alpha value is -2.67. The number of benzene rings is 1. The van der Waals surface area contributed by atoms with Crippen LogP contribution < -0.4 is 5.32 Å². The minimum atomic E-state index is -0.645. The van der Waals surface area contributed by atoms with E-state index in [1.54, 1.807) is 19.1 Å². The fraction of sp³-hybridized carbons (Fsp3) is 0.381. The lowest BCUT2D eigenvalue weighted by Crippen LogP contribution is -2.38. The van der Waals surface area contributed by atoms with E-state index in [2.05, 4.69) is 10.4 Å². The summed E-state index contributed by atoms with van der Waals surface area (Å²) in [4.78, 5) is 23.9. The Morgan fingerprint density at radius 2 is 1.97 bits per heavy atom. The average molecular weight is 420 g/mol. The number of nitrogens with one attached hydrogen (secondary N) is 1. The molecule has 1 aliphatic carbocycles. The van der Waals surface area contributed by atoms with Crippen molar-refractivity contribution >= 4 is 29.6 Å². The van der Waals surface area contributed by atoms with Gasteiger partial charge >= 0.3 is 5.97 Å². The van der Waals surface area contributed by atoms with Gasteiger partial charge in [-0.15, -0.1) is 0 Å². The zero-order chi connectivity index (χ0) is 20.8. The van der Waals surface area contributed by atoms with Gasteiger partial charge in [-0.25, -0.2) is 13.9 Å². The molecule has 1 aromatic heterocycles. The van der Waals surface area contributed by atoms with Crippen LogP contribution in [0.1, 0.15) is 43.4 Å². The molecule has 3 rings (SSSR count). The van der Waals surface area contributed by atoms with Gasteiger partial charge < -0.3 is 10.1 Å². The normalized spacial score (nSPS) is 14.9. The van der Waals surface area contributed by atoms with Crippen LogP contribution >= 0.6 is 11.6 Å². The van der Waals surface area contributed by atoms with Crippen LogP contribution in [0.15, 0.2) is 30.3 Å². The molecular formula is C21H23ClFN3O3. The van der Waals surface area contributed by atoms with Gasteiger partial charge in [0.25, 0.3) is 5.91 Å². The van der Waals surface area contributed by atoms with Crippen molar-refractivity contribution in [3.8, 4) is 5.69 Å². The second-order valence-corrected chi connectivity index (χ2v) is 7.38. The van der Waals surface area contributed by atoms with E-state index in [0.29, 0.717) is 16.9 Å². The lowest BCUT2D eigenvalue weighted by Gasteiger charge is -2.22. The molecule has 0 spiro atoms. The first kappa shape index (κ1) is 21.0. The molecule has 1 aromatic carbocycles. The van der Waals surface area contributed by atoms with Crippen molar-refractivity contribution in [2.75, 3.05) is 6.61 Å². The van der Waals surface area contributed by atoms with Crippen LogP contribution in [0.4, 0.5) is 4.39 Å². The molecule has 0 saturated heterocycles. The monoisotopic (exact) mass is 419 g/mol. The van der Waals surface area contributed by atoms with Gasteiger partial charge in [-0.2, -0.15) is 5.10 Å². The molecule has 1 amide bonds. The predicted molar refractivity (Wildman–Crippen MR) is 108 cm³/mol. The molecule has 1 saturated carbocycles. The number of hydrogen-bond donors (Lipinski definition) is 1. The number of halogens is 2. The van der Waals surface area contributed by atoms with Gasteiger partial charge in [-0.1, -0.05) is 30.9 Å². The Bertz CT molecular complexity index is 903. The molecule has 2 aromatic rings. The van der Waals surface area contributed by atoms with E-state index < -0.39 is 5.97 Å². The Labute approximate surface area is 173 Å². The van der Waals surface area contributed by atoms with Crippen LogP contribution in [-0.4, -0.2) is 34.3 Å². The minimum absolute atomic E-state index is 0.171. The van der Waals surface area contributed by atoms with E-state index in [1.165, 1.54) is 35.4 Å². The van der Waals surface area contributed by atoms with Crippen molar-refractivity contribution in [1.29, 1.82) is 0 Å². The zero-order valence-corrected chi connectivity index (χ0v) is 16.9. The van der Waals surface area contributed by atoms with Crippen molar-refractivity contribution in [3.63, 3.8) is 0 Å². The van der Waals surface area contributed by atoms with Crippen molar-refractivity contribution in [2.45, 2.75) is 45.1 Å². The maximum atomic E-state index is 13.1. The number of aryl methyl sites for hydroxylation is 1. The molecule has 8 heteroatoms. The van der Waals surface area contributed by atoms with E-state index in [9.17, 15) is 14.0 Å². The lowest BCUT2D eigenvalue weighted by molar-refractivity contribution is -0.144. The summed E-state index contributed by atoms with van der Waals surface area (Å²) < 4.78 is 19.6. The number of hydrogen-bond acceptors (Lipinski definition) is 4. The molecule has 1 fully saturated rings. The van der Waals surface area contributed by atoms with Crippen LogP contribution in [0.25, 0.3) is 11.8 Å². The third-order valence-corrected chi connectivity index (χ3v) is 5.18. The number of aromatic nitrogens is 2. The molecule has 0 atom stereocenters. The number of rotatable bonds is 6. The molecule has 1 N–H and O–H groups in total. The number of nitrogens with zero attached hydrogens (tertiary/aromatic N) is 2. The highest BCUT2D eigenvalue weighted by Gasteiger charge is 2.17. The van der Waals surface area contributed by atoms with E-state index in [1.807, 2.05) is 0 Å². The van der Waals surface area contributed by atoms with Crippen molar-refractivity contribution in [1.82, 2.24) is 15.1 Å². The first-order chi connectivity index (χ1) is 13.9. The molecule has 154 valence electrons. The Kier molecular flexibility index (Phi) is 7.04. The lowest BCUT2D eigenvalue weighted by atomic mass is 9.95. The van der Waals surface area contributed by atoms with E-state index in [0.717, 1.165) is 25.7 Å². The first-order valence-corrected chi connectivity index (χ1v) is 9.97. The third kappa shape index (κ3) is 5.67. The number of amides is 1. The molecule has 0 aliphatic heterocycles. The summed E-state index contributed by atoms with van der Waals surface area (Å²) in [6.07, 6.45) is 8.06. The van der Waals surface area contributed by atoms with Crippen LogP contribution in [0.2, 0.25) is 5.15 Å². The summed E-state index contributed by atoms with van der Waals surface area (Å²) in [5, 5.41) is 7.50. The summed E-state index contributed by atoms with van der Waals surface area (Å²) in [5.41, 5.74) is 1.74. The van der Waals surface area contributed by atoms with E-state index in [4.69, 9.17) is 16.3 Å². The number of carbonyl (C=O) groups excluding carboxylic acids is 2. The molecule has 29 heavy (non-hydrogen) atoms. The molecule has 0 radical (unpaired) electrons. The second kappa shape index (κ2) is 9.69. The molecule has 0 bridgehead atoms. The summed E-state index contributed by atoms with van der Waals surface area (Å²) in [6, 6.07) is 5.91. The third-order valence-electron chi connectivity index (χ3n) is 4.82. The molecule has 6 nitrogen and oxygen atoms in total. The SMILES string of the molecule is Cc1nn(-c2ccc(F)cc2)c(Cl)c1/C=C/C(=O)OCC(=O)NC1CCCCC1. The second-order valence-electron chi connectivity index (χ2n) is 7.02. The number of esters is 1. The highest BCUT2D eigenvalue weighted by Crippen LogP contribution is 2.25. The fourth-order valence-corrected chi connectivity index (χ4v) is 3.64. The summed E-state index contributed by atoms with van der Waals surface area (Å²) >= 11 is 6.36. The van der Waals surface area contributed by atoms with Crippen molar-refractivity contribution in [3.05, 3.63) is 52.6 Å². The average Bonchev–Trinajstić information content (AvgIpc) is 3.00. The van der Waals surface area contributed by atoms with Gasteiger partial charge in [-0.05, 0) is 50.1 Å². The van der Waals surface area contributed by atoms with Crippen LogP contribution in [0, 0.1) is 12.7 Å². The highest BCUT2D eigenvalue weighted by molar-refractivity contribution is 6.31. The summed E-state index contributed by atoms with van der Waals surface area (Å²) in [6.45, 7) is 1.43. The fourth-order valence-electron chi connectivity index (χ4n) is 3.31. The van der Waals surface area contributed by atoms with Crippen molar-refractivity contribution in [2.24, 2.45) is 0 Å². The number of ether oxygens (including phenoxy) is 1. The smallest absolute Gasteiger partial charge is 0.331 e.